The SMILES string of the molecule is C[C@H]1CN(C(=O)c2ccccn2)C[C@H](C)N1. The quantitative estimate of drug-likeness (QED) is 0.763. The van der Waals surface area contributed by atoms with E-state index < -0.39 is 0 Å². The molecule has 1 N–H and O–H groups in total. The highest BCUT2D eigenvalue weighted by atomic mass is 16.2. The standard InChI is InChI=1S/C12H17N3O/c1-9-7-15(8-10(2)14-9)12(16)11-5-3-4-6-13-11/h3-6,9-10,14H,7-8H2,1-2H3/t9-,10-/m0/s1. The average Bonchev–Trinajstić information content (AvgIpc) is 2.28. The number of piperazine rings is 1. The van der Waals surface area contributed by atoms with E-state index in [1.165, 1.54) is 0 Å². The molecule has 0 bridgehead atoms. The number of nitrogens with one attached hydrogen (secondary N) is 1. The molecule has 4 nitrogen and oxygen atoms in total. The van der Waals surface area contributed by atoms with Gasteiger partial charge in [0.2, 0.25) is 0 Å². The lowest BCUT2D eigenvalue weighted by atomic mass is 10.1. The molecular weight excluding hydrogens is 202 g/mol. The first-order valence-corrected chi connectivity index (χ1v) is 5.63. The Morgan fingerprint density at radius 2 is 2.06 bits per heavy atom. The lowest BCUT2D eigenvalue weighted by molar-refractivity contribution is 0.0668. The van der Waals surface area contributed by atoms with Gasteiger partial charge in [-0.2, -0.15) is 0 Å². The average molecular weight is 219 g/mol. The third kappa shape index (κ3) is 2.39. The van der Waals surface area contributed by atoms with Gasteiger partial charge in [-0.25, -0.2) is 0 Å². The molecule has 1 fully saturated rings. The Morgan fingerprint density at radius 1 is 1.38 bits per heavy atom. The summed E-state index contributed by atoms with van der Waals surface area (Å²) in [6, 6.07) is 6.11. The second-order valence-electron chi connectivity index (χ2n) is 4.39. The molecule has 2 heterocycles. The molecule has 1 saturated heterocycles. The van der Waals surface area contributed by atoms with Gasteiger partial charge in [-0.1, -0.05) is 6.07 Å². The van der Waals surface area contributed by atoms with Crippen molar-refractivity contribution in [1.29, 1.82) is 0 Å². The van der Waals surface area contributed by atoms with Gasteiger partial charge in [0.05, 0.1) is 0 Å². The van der Waals surface area contributed by atoms with Crippen molar-refractivity contribution in [3.05, 3.63) is 30.1 Å². The third-order valence-electron chi connectivity index (χ3n) is 2.73. The lowest BCUT2D eigenvalue weighted by Gasteiger charge is -2.35. The topological polar surface area (TPSA) is 45.2 Å². The van der Waals surface area contributed by atoms with E-state index in [0.717, 1.165) is 13.1 Å². The molecule has 2 rings (SSSR count). The molecule has 16 heavy (non-hydrogen) atoms. The zero-order chi connectivity index (χ0) is 11.5. The summed E-state index contributed by atoms with van der Waals surface area (Å²) in [5, 5.41) is 3.40. The van der Waals surface area contributed by atoms with Crippen molar-refractivity contribution in [2.24, 2.45) is 0 Å². The summed E-state index contributed by atoms with van der Waals surface area (Å²) in [6.07, 6.45) is 1.66. The maximum atomic E-state index is 12.1. The van der Waals surface area contributed by atoms with Crippen LogP contribution < -0.4 is 5.32 Å². The molecule has 1 aromatic heterocycles. The van der Waals surface area contributed by atoms with Crippen LogP contribution in [0.4, 0.5) is 0 Å². The number of carbonyl (C=O) groups excluding carboxylic acids is 1. The monoisotopic (exact) mass is 219 g/mol. The predicted molar refractivity (Wildman–Crippen MR) is 62.2 cm³/mol. The molecule has 1 aromatic rings. The number of carbonyl (C=O) groups is 1. The Hall–Kier alpha value is -1.42. The fourth-order valence-corrected chi connectivity index (χ4v) is 2.14. The van der Waals surface area contributed by atoms with E-state index in [1.807, 2.05) is 17.0 Å². The smallest absolute Gasteiger partial charge is 0.272 e. The minimum Gasteiger partial charge on any atom is -0.334 e. The Labute approximate surface area is 95.7 Å². The molecule has 1 aliphatic heterocycles. The van der Waals surface area contributed by atoms with Gasteiger partial charge >= 0.3 is 0 Å². The first kappa shape index (κ1) is 11.1. The van der Waals surface area contributed by atoms with Crippen molar-refractivity contribution < 1.29 is 4.79 Å². The number of amides is 1. The summed E-state index contributed by atoms with van der Waals surface area (Å²) in [6.45, 7) is 5.68. The maximum absolute atomic E-state index is 12.1. The number of aromatic nitrogens is 1. The summed E-state index contributed by atoms with van der Waals surface area (Å²) in [7, 11) is 0. The summed E-state index contributed by atoms with van der Waals surface area (Å²) in [5.41, 5.74) is 0.531. The second-order valence-corrected chi connectivity index (χ2v) is 4.39. The van der Waals surface area contributed by atoms with Gasteiger partial charge in [0.1, 0.15) is 5.69 Å². The highest BCUT2D eigenvalue weighted by molar-refractivity contribution is 5.92. The van der Waals surface area contributed by atoms with Crippen molar-refractivity contribution in [3.63, 3.8) is 0 Å². The Bertz CT molecular complexity index is 356. The number of hydrogen-bond donors (Lipinski definition) is 1. The lowest BCUT2D eigenvalue weighted by Crippen LogP contribution is -2.55. The molecule has 0 radical (unpaired) electrons. The third-order valence-corrected chi connectivity index (χ3v) is 2.73. The van der Waals surface area contributed by atoms with Crippen LogP contribution >= 0.6 is 0 Å². The minimum atomic E-state index is 0.0285. The number of rotatable bonds is 1. The van der Waals surface area contributed by atoms with Gasteiger partial charge in [0, 0.05) is 31.4 Å². The van der Waals surface area contributed by atoms with Crippen molar-refractivity contribution in [3.8, 4) is 0 Å². The normalized spacial score (nSPS) is 25.5. The molecule has 2 atom stereocenters. The van der Waals surface area contributed by atoms with Gasteiger partial charge in [-0.3, -0.25) is 9.78 Å². The predicted octanol–water partition coefficient (Wildman–Crippen LogP) is 0.904. The van der Waals surface area contributed by atoms with Crippen LogP contribution in [0.15, 0.2) is 24.4 Å². The molecule has 1 amide bonds. The zero-order valence-electron chi connectivity index (χ0n) is 9.68. The van der Waals surface area contributed by atoms with Gasteiger partial charge in [0.25, 0.3) is 5.91 Å². The van der Waals surface area contributed by atoms with E-state index in [0.29, 0.717) is 17.8 Å². The summed E-state index contributed by atoms with van der Waals surface area (Å²) < 4.78 is 0. The van der Waals surface area contributed by atoms with Crippen LogP contribution in [0.25, 0.3) is 0 Å². The van der Waals surface area contributed by atoms with Crippen molar-refractivity contribution >= 4 is 5.91 Å². The highest BCUT2D eigenvalue weighted by Crippen LogP contribution is 2.08. The Balaban J connectivity index is 2.10. The van der Waals surface area contributed by atoms with Crippen LogP contribution in [0, 0.1) is 0 Å². The molecule has 0 aromatic carbocycles. The maximum Gasteiger partial charge on any atom is 0.272 e. The van der Waals surface area contributed by atoms with Crippen LogP contribution in [-0.4, -0.2) is 41.0 Å². The van der Waals surface area contributed by atoms with Gasteiger partial charge in [0.15, 0.2) is 0 Å². The largest absolute Gasteiger partial charge is 0.334 e. The summed E-state index contributed by atoms with van der Waals surface area (Å²) >= 11 is 0. The van der Waals surface area contributed by atoms with Gasteiger partial charge in [-0.05, 0) is 26.0 Å². The molecule has 0 unspecified atom stereocenters. The van der Waals surface area contributed by atoms with Crippen LogP contribution in [0.1, 0.15) is 24.3 Å². The molecule has 1 aliphatic rings. The van der Waals surface area contributed by atoms with Crippen molar-refractivity contribution in [1.82, 2.24) is 15.2 Å². The fourth-order valence-electron chi connectivity index (χ4n) is 2.14. The van der Waals surface area contributed by atoms with E-state index >= 15 is 0 Å². The molecule has 86 valence electrons. The molecule has 4 heteroatoms. The highest BCUT2D eigenvalue weighted by Gasteiger charge is 2.25. The van der Waals surface area contributed by atoms with E-state index in [-0.39, 0.29) is 5.91 Å². The molecular formula is C12H17N3O. The Kier molecular flexibility index (Phi) is 3.19. The molecule has 0 saturated carbocycles. The first-order valence-electron chi connectivity index (χ1n) is 5.63. The Morgan fingerprint density at radius 3 is 2.62 bits per heavy atom. The van der Waals surface area contributed by atoms with Crippen LogP contribution in [0.2, 0.25) is 0 Å². The molecule has 0 spiro atoms. The molecule has 0 aliphatic carbocycles. The van der Waals surface area contributed by atoms with Crippen LogP contribution in [-0.2, 0) is 0 Å². The first-order chi connectivity index (χ1) is 7.66. The van der Waals surface area contributed by atoms with E-state index in [4.69, 9.17) is 0 Å². The number of hydrogen-bond acceptors (Lipinski definition) is 3. The van der Waals surface area contributed by atoms with E-state index in [9.17, 15) is 4.79 Å². The minimum absolute atomic E-state index is 0.0285. The van der Waals surface area contributed by atoms with Gasteiger partial charge in [-0.15, -0.1) is 0 Å². The van der Waals surface area contributed by atoms with Crippen LogP contribution in [0.3, 0.4) is 0 Å². The summed E-state index contributed by atoms with van der Waals surface area (Å²) in [5.74, 6) is 0.0285. The van der Waals surface area contributed by atoms with Gasteiger partial charge < -0.3 is 10.2 Å². The van der Waals surface area contributed by atoms with E-state index in [1.54, 1.807) is 12.3 Å². The number of pyridine rings is 1. The van der Waals surface area contributed by atoms with E-state index in [2.05, 4.69) is 24.1 Å². The number of nitrogens with zero attached hydrogens (tertiary/aromatic N) is 2. The van der Waals surface area contributed by atoms with Crippen molar-refractivity contribution in [2.75, 3.05) is 13.1 Å². The zero-order valence-corrected chi connectivity index (χ0v) is 9.68. The van der Waals surface area contributed by atoms with Crippen LogP contribution in [0.5, 0.6) is 0 Å². The van der Waals surface area contributed by atoms with Crippen molar-refractivity contribution in [2.45, 2.75) is 25.9 Å². The fraction of sp³-hybridized carbons (Fsp3) is 0.500. The second kappa shape index (κ2) is 4.61. The summed E-state index contributed by atoms with van der Waals surface area (Å²) in [4.78, 5) is 18.1.